The molecule has 1 unspecified atom stereocenters. The highest BCUT2D eigenvalue weighted by Gasteiger charge is 2.30. The van der Waals surface area contributed by atoms with Crippen molar-refractivity contribution >= 4 is 5.57 Å². The predicted octanol–water partition coefficient (Wildman–Crippen LogP) is 11.5. The first-order valence-corrected chi connectivity index (χ1v) is 16.3. The molecule has 0 radical (unpaired) electrons. The number of benzene rings is 2. The van der Waals surface area contributed by atoms with E-state index < -0.39 is 0 Å². The molecule has 2 heteroatoms. The zero-order chi connectivity index (χ0) is 27.2. The van der Waals surface area contributed by atoms with Crippen molar-refractivity contribution in [2.45, 2.75) is 128 Å². The largest absolute Gasteiger partial charge is 0.207 e. The Kier molecular flexibility index (Phi) is 9.96. The summed E-state index contributed by atoms with van der Waals surface area (Å²) < 4.78 is 29.7. The van der Waals surface area contributed by atoms with Crippen LogP contribution in [0, 0.1) is 29.4 Å². The van der Waals surface area contributed by atoms with Gasteiger partial charge in [-0.25, -0.2) is 8.78 Å². The lowest BCUT2D eigenvalue weighted by molar-refractivity contribution is 0.220. The van der Waals surface area contributed by atoms with Crippen LogP contribution in [0.4, 0.5) is 8.78 Å². The standard InChI is InChI=1S/C37H50F2/c1-3-5-6-7-26-8-10-30(11-9-26)34-22-23-35(37(39)25-34)32-19-17-29(18-20-32)28-13-15-31(16-14-28)33-21-12-27(4-2)36(38)24-33/h12,19,21-26,28-31H,3-11,13-18,20H2,1-2H3. The molecule has 2 aromatic rings. The predicted molar refractivity (Wildman–Crippen MR) is 161 cm³/mol. The monoisotopic (exact) mass is 532 g/mol. The molecule has 0 amide bonds. The second-order valence-electron chi connectivity index (χ2n) is 13.0. The molecule has 3 aliphatic rings. The van der Waals surface area contributed by atoms with Crippen LogP contribution in [0.15, 0.2) is 42.5 Å². The van der Waals surface area contributed by atoms with E-state index in [4.69, 9.17) is 0 Å². The lowest BCUT2D eigenvalue weighted by atomic mass is 9.70. The molecule has 3 aliphatic carbocycles. The third-order valence-corrected chi connectivity index (χ3v) is 10.7. The first kappa shape index (κ1) is 28.6. The summed E-state index contributed by atoms with van der Waals surface area (Å²) in [7, 11) is 0. The molecule has 0 spiro atoms. The van der Waals surface area contributed by atoms with Gasteiger partial charge in [0.25, 0.3) is 0 Å². The number of aryl methyl sites for hydroxylation is 1. The average Bonchev–Trinajstić information content (AvgIpc) is 2.98. The Labute approximate surface area is 236 Å². The normalized spacial score (nSPS) is 27.8. The van der Waals surface area contributed by atoms with Gasteiger partial charge in [-0.1, -0.05) is 69.9 Å². The summed E-state index contributed by atoms with van der Waals surface area (Å²) in [5, 5.41) is 0. The summed E-state index contributed by atoms with van der Waals surface area (Å²) in [5.41, 5.74) is 5.29. The zero-order valence-corrected chi connectivity index (χ0v) is 24.5. The Bertz CT molecular complexity index is 1100. The molecule has 212 valence electrons. The van der Waals surface area contributed by atoms with Crippen molar-refractivity contribution in [2.24, 2.45) is 17.8 Å². The van der Waals surface area contributed by atoms with Crippen molar-refractivity contribution in [3.05, 3.63) is 76.4 Å². The van der Waals surface area contributed by atoms with Gasteiger partial charge in [0.05, 0.1) is 0 Å². The van der Waals surface area contributed by atoms with E-state index in [0.29, 0.717) is 17.8 Å². The van der Waals surface area contributed by atoms with Crippen molar-refractivity contribution < 1.29 is 8.78 Å². The number of halogens is 2. The van der Waals surface area contributed by atoms with E-state index in [1.54, 1.807) is 6.07 Å². The SMILES string of the molecule is CCCCCC1CCC(c2ccc(C3=CCC(C4CCC(c5ccc(CC)c(F)c5)CC4)CC3)c(F)c2)CC1. The van der Waals surface area contributed by atoms with Crippen LogP contribution in [0.5, 0.6) is 0 Å². The van der Waals surface area contributed by atoms with E-state index in [9.17, 15) is 4.39 Å². The summed E-state index contributed by atoms with van der Waals surface area (Å²) in [6.07, 6.45) is 21.6. The van der Waals surface area contributed by atoms with Crippen molar-refractivity contribution in [2.75, 3.05) is 0 Å². The quantitative estimate of drug-likeness (QED) is 0.282. The van der Waals surface area contributed by atoms with Gasteiger partial charge in [-0.15, -0.1) is 0 Å². The number of allylic oxidation sites excluding steroid dienone is 2. The topological polar surface area (TPSA) is 0 Å². The molecular formula is C37H50F2. The molecule has 0 aromatic heterocycles. The summed E-state index contributed by atoms with van der Waals surface area (Å²) in [4.78, 5) is 0. The van der Waals surface area contributed by atoms with Crippen LogP contribution in [0.1, 0.15) is 144 Å². The van der Waals surface area contributed by atoms with Gasteiger partial charge in [0.1, 0.15) is 11.6 Å². The van der Waals surface area contributed by atoms with Gasteiger partial charge in [0.15, 0.2) is 0 Å². The molecule has 0 aliphatic heterocycles. The van der Waals surface area contributed by atoms with E-state index in [0.717, 1.165) is 42.2 Å². The van der Waals surface area contributed by atoms with Gasteiger partial charge < -0.3 is 0 Å². The minimum atomic E-state index is -0.0347. The molecule has 0 saturated heterocycles. The van der Waals surface area contributed by atoms with Gasteiger partial charge >= 0.3 is 0 Å². The van der Waals surface area contributed by atoms with Gasteiger partial charge in [-0.05, 0) is 141 Å². The molecule has 2 saturated carbocycles. The summed E-state index contributed by atoms with van der Waals surface area (Å²) in [6.45, 7) is 4.29. The number of hydrogen-bond acceptors (Lipinski definition) is 0. The summed E-state index contributed by atoms with van der Waals surface area (Å²) in [6, 6.07) is 12.1. The third kappa shape index (κ3) is 7.04. The highest BCUT2D eigenvalue weighted by atomic mass is 19.1. The molecule has 2 aromatic carbocycles. The minimum absolute atomic E-state index is 0.0101. The highest BCUT2D eigenvalue weighted by molar-refractivity contribution is 5.67. The Morgan fingerprint density at radius 1 is 0.692 bits per heavy atom. The molecule has 2 fully saturated rings. The number of rotatable bonds is 9. The van der Waals surface area contributed by atoms with E-state index in [2.05, 4.69) is 31.2 Å². The van der Waals surface area contributed by atoms with Crippen molar-refractivity contribution in [1.82, 2.24) is 0 Å². The summed E-state index contributed by atoms with van der Waals surface area (Å²) in [5.74, 6) is 3.35. The average molecular weight is 533 g/mol. The van der Waals surface area contributed by atoms with Crippen LogP contribution in [0.3, 0.4) is 0 Å². The van der Waals surface area contributed by atoms with Crippen LogP contribution in [0.2, 0.25) is 0 Å². The van der Waals surface area contributed by atoms with Crippen LogP contribution >= 0.6 is 0 Å². The molecule has 5 rings (SSSR count). The Balaban J connectivity index is 1.12. The molecular weight excluding hydrogens is 482 g/mol. The summed E-state index contributed by atoms with van der Waals surface area (Å²) >= 11 is 0. The second-order valence-corrected chi connectivity index (χ2v) is 13.0. The second kappa shape index (κ2) is 13.6. The lowest BCUT2D eigenvalue weighted by Gasteiger charge is -2.36. The van der Waals surface area contributed by atoms with E-state index in [1.165, 1.54) is 100 Å². The van der Waals surface area contributed by atoms with E-state index in [1.807, 2.05) is 19.1 Å². The molecule has 0 nitrogen and oxygen atoms in total. The van der Waals surface area contributed by atoms with Crippen molar-refractivity contribution in [3.8, 4) is 0 Å². The Hall–Kier alpha value is -1.96. The molecule has 0 heterocycles. The highest BCUT2D eigenvalue weighted by Crippen LogP contribution is 2.45. The van der Waals surface area contributed by atoms with Crippen LogP contribution in [-0.4, -0.2) is 0 Å². The fourth-order valence-corrected chi connectivity index (χ4v) is 8.07. The maximum absolute atomic E-state index is 15.3. The zero-order valence-electron chi connectivity index (χ0n) is 24.5. The van der Waals surface area contributed by atoms with Crippen molar-refractivity contribution in [3.63, 3.8) is 0 Å². The first-order chi connectivity index (χ1) is 19.1. The minimum Gasteiger partial charge on any atom is -0.207 e. The van der Waals surface area contributed by atoms with Gasteiger partial charge in [-0.2, -0.15) is 0 Å². The first-order valence-electron chi connectivity index (χ1n) is 16.3. The van der Waals surface area contributed by atoms with Crippen molar-refractivity contribution in [1.29, 1.82) is 0 Å². The van der Waals surface area contributed by atoms with Gasteiger partial charge in [0.2, 0.25) is 0 Å². The maximum atomic E-state index is 15.3. The molecule has 0 N–H and O–H groups in total. The number of unbranched alkanes of at least 4 members (excludes halogenated alkanes) is 2. The van der Waals surface area contributed by atoms with Gasteiger partial charge in [-0.3, -0.25) is 0 Å². The fourth-order valence-electron chi connectivity index (χ4n) is 8.07. The number of hydrogen-bond donors (Lipinski definition) is 0. The van der Waals surface area contributed by atoms with E-state index >= 15 is 4.39 Å². The molecule has 0 bridgehead atoms. The Morgan fingerprint density at radius 3 is 1.95 bits per heavy atom. The molecule has 39 heavy (non-hydrogen) atoms. The van der Waals surface area contributed by atoms with Crippen LogP contribution in [0.25, 0.3) is 5.57 Å². The van der Waals surface area contributed by atoms with E-state index in [-0.39, 0.29) is 11.6 Å². The third-order valence-electron chi connectivity index (χ3n) is 10.7. The fraction of sp³-hybridized carbons (Fsp3) is 0.622. The Morgan fingerprint density at radius 2 is 1.36 bits per heavy atom. The lowest BCUT2D eigenvalue weighted by Crippen LogP contribution is -2.22. The molecule has 1 atom stereocenters. The maximum Gasteiger partial charge on any atom is 0.130 e. The van der Waals surface area contributed by atoms with Crippen LogP contribution < -0.4 is 0 Å². The smallest absolute Gasteiger partial charge is 0.130 e. The van der Waals surface area contributed by atoms with Gasteiger partial charge in [0, 0.05) is 5.56 Å². The van der Waals surface area contributed by atoms with Crippen LogP contribution in [-0.2, 0) is 6.42 Å².